The summed E-state index contributed by atoms with van der Waals surface area (Å²) in [6.45, 7) is 5.99. The zero-order valence-corrected chi connectivity index (χ0v) is 13.4. The van der Waals surface area contributed by atoms with Gasteiger partial charge >= 0.3 is 5.97 Å². The maximum Gasteiger partial charge on any atom is 0.359 e. The molecule has 1 aromatic carbocycles. The number of nitrogens with zero attached hydrogens (tertiary/aromatic N) is 2. The lowest BCUT2D eigenvalue weighted by atomic mass is 9.98. The molecule has 0 aliphatic carbocycles. The largest absolute Gasteiger partial charge is 0.474 e. The molecule has 1 aromatic heterocycles. The topological polar surface area (TPSA) is 53.3 Å². The molecule has 0 radical (unpaired) electrons. The van der Waals surface area contributed by atoms with Gasteiger partial charge in [0.1, 0.15) is 6.61 Å². The third kappa shape index (κ3) is 2.81. The number of alkyl halides is 1. The lowest BCUT2D eigenvalue weighted by Gasteiger charge is -2.19. The van der Waals surface area contributed by atoms with Gasteiger partial charge in [0.15, 0.2) is 11.9 Å². The number of carbonyl (C=O) groups is 1. The van der Waals surface area contributed by atoms with E-state index in [1.54, 1.807) is 6.92 Å². The number of ether oxygens (including phenoxy) is 2. The van der Waals surface area contributed by atoms with E-state index in [0.29, 0.717) is 11.4 Å². The molecule has 0 saturated carbocycles. The van der Waals surface area contributed by atoms with Gasteiger partial charge in [0.05, 0.1) is 18.7 Å². The summed E-state index contributed by atoms with van der Waals surface area (Å²) in [5.74, 6) is -0.0997. The summed E-state index contributed by atoms with van der Waals surface area (Å²) in [4.78, 5) is 12.3. The van der Waals surface area contributed by atoms with Crippen LogP contribution in [0.5, 0.6) is 5.88 Å². The van der Waals surface area contributed by atoms with Crippen LogP contribution in [-0.2, 0) is 11.3 Å². The maximum absolute atomic E-state index is 13.6. The Morgan fingerprint density at radius 1 is 1.48 bits per heavy atom. The van der Waals surface area contributed by atoms with Gasteiger partial charge in [-0.2, -0.15) is 5.10 Å². The highest BCUT2D eigenvalue weighted by molar-refractivity contribution is 5.97. The molecule has 3 rings (SSSR count). The van der Waals surface area contributed by atoms with Crippen LogP contribution >= 0.6 is 0 Å². The van der Waals surface area contributed by atoms with Crippen LogP contribution in [0.1, 0.15) is 28.5 Å². The van der Waals surface area contributed by atoms with Crippen molar-refractivity contribution in [1.29, 1.82) is 0 Å². The first-order chi connectivity index (χ1) is 11.0. The molecule has 1 aliphatic rings. The van der Waals surface area contributed by atoms with Gasteiger partial charge in [0, 0.05) is 0 Å². The number of benzene rings is 1. The summed E-state index contributed by atoms with van der Waals surface area (Å²) in [6.07, 6.45) is -1.13. The number of carbonyl (C=O) groups excluding carboxylic acids is 1. The summed E-state index contributed by atoms with van der Waals surface area (Å²) < 4.78 is 25.6. The zero-order valence-electron chi connectivity index (χ0n) is 13.4. The van der Waals surface area contributed by atoms with Gasteiger partial charge in [-0.15, -0.1) is 0 Å². The van der Waals surface area contributed by atoms with Gasteiger partial charge in [-0.1, -0.05) is 23.8 Å². The molecule has 6 heteroatoms. The van der Waals surface area contributed by atoms with Crippen LogP contribution in [0.25, 0.3) is 11.1 Å². The fourth-order valence-corrected chi connectivity index (χ4v) is 2.81. The molecule has 23 heavy (non-hydrogen) atoms. The molecule has 0 unspecified atom stereocenters. The molecular weight excluding hydrogens is 299 g/mol. The molecule has 0 amide bonds. The first kappa shape index (κ1) is 15.5. The van der Waals surface area contributed by atoms with Crippen LogP contribution in [0.2, 0.25) is 0 Å². The number of halogens is 1. The van der Waals surface area contributed by atoms with Crippen molar-refractivity contribution in [2.24, 2.45) is 0 Å². The second kappa shape index (κ2) is 6.02. The number of aromatic nitrogens is 2. The van der Waals surface area contributed by atoms with E-state index in [-0.39, 0.29) is 25.5 Å². The SMILES string of the molecule is CCOC(=O)c1nn2c(c1-c1ccc(C)cc1C)OC[C@@H](F)C2. The molecule has 122 valence electrons. The first-order valence-corrected chi connectivity index (χ1v) is 7.63. The molecule has 5 nitrogen and oxygen atoms in total. The molecule has 2 heterocycles. The van der Waals surface area contributed by atoms with Crippen molar-refractivity contribution in [3.05, 3.63) is 35.0 Å². The Labute approximate surface area is 134 Å². The van der Waals surface area contributed by atoms with Crippen LogP contribution in [0.15, 0.2) is 18.2 Å². The predicted molar refractivity (Wildman–Crippen MR) is 83.5 cm³/mol. The number of esters is 1. The Kier molecular flexibility index (Phi) is 4.07. The summed E-state index contributed by atoms with van der Waals surface area (Å²) in [6, 6.07) is 5.91. The van der Waals surface area contributed by atoms with Crippen LogP contribution in [0.4, 0.5) is 4.39 Å². The molecule has 0 spiro atoms. The molecule has 0 fully saturated rings. The second-order valence-electron chi connectivity index (χ2n) is 5.66. The van der Waals surface area contributed by atoms with E-state index < -0.39 is 12.1 Å². The Bertz CT molecular complexity index is 755. The van der Waals surface area contributed by atoms with Crippen molar-refractivity contribution in [2.75, 3.05) is 13.2 Å². The van der Waals surface area contributed by atoms with Gasteiger partial charge in [-0.3, -0.25) is 0 Å². The molecule has 0 bridgehead atoms. The van der Waals surface area contributed by atoms with Crippen molar-refractivity contribution >= 4 is 5.97 Å². The van der Waals surface area contributed by atoms with Gasteiger partial charge in [0.2, 0.25) is 5.88 Å². The van der Waals surface area contributed by atoms with Crippen LogP contribution in [0.3, 0.4) is 0 Å². The standard InChI is InChI=1S/C17H19FN2O3/c1-4-22-17(21)15-14(13-6-5-10(2)7-11(13)3)16-20(19-15)8-12(18)9-23-16/h5-7,12H,4,8-9H2,1-3H3/t12-/m0/s1. The lowest BCUT2D eigenvalue weighted by Crippen LogP contribution is -2.27. The van der Waals surface area contributed by atoms with Gasteiger partial charge < -0.3 is 9.47 Å². The smallest absolute Gasteiger partial charge is 0.359 e. The molecular formula is C17H19FN2O3. The van der Waals surface area contributed by atoms with Crippen molar-refractivity contribution in [1.82, 2.24) is 9.78 Å². The Morgan fingerprint density at radius 2 is 2.26 bits per heavy atom. The summed E-state index contributed by atoms with van der Waals surface area (Å²) in [5.41, 5.74) is 3.71. The Morgan fingerprint density at radius 3 is 2.96 bits per heavy atom. The molecule has 0 N–H and O–H groups in total. The average Bonchev–Trinajstić information content (AvgIpc) is 2.86. The quantitative estimate of drug-likeness (QED) is 0.816. The van der Waals surface area contributed by atoms with Gasteiger partial charge in [-0.05, 0) is 31.9 Å². The van der Waals surface area contributed by atoms with E-state index in [2.05, 4.69) is 5.10 Å². The van der Waals surface area contributed by atoms with E-state index in [0.717, 1.165) is 16.7 Å². The van der Waals surface area contributed by atoms with E-state index in [1.165, 1.54) is 4.68 Å². The molecule has 0 saturated heterocycles. The van der Waals surface area contributed by atoms with E-state index in [9.17, 15) is 9.18 Å². The van der Waals surface area contributed by atoms with Crippen LogP contribution in [0, 0.1) is 13.8 Å². The highest BCUT2D eigenvalue weighted by Gasteiger charge is 2.31. The summed E-state index contributed by atoms with van der Waals surface area (Å²) in [7, 11) is 0. The van der Waals surface area contributed by atoms with Crippen molar-refractivity contribution in [2.45, 2.75) is 33.5 Å². The number of rotatable bonds is 3. The Balaban J connectivity index is 2.18. The monoisotopic (exact) mass is 318 g/mol. The highest BCUT2D eigenvalue weighted by atomic mass is 19.1. The number of fused-ring (bicyclic) bond motifs is 1. The van der Waals surface area contributed by atoms with Gasteiger partial charge in [-0.25, -0.2) is 13.9 Å². The van der Waals surface area contributed by atoms with Gasteiger partial charge in [0.25, 0.3) is 0 Å². The third-order valence-corrected chi connectivity index (χ3v) is 3.80. The highest BCUT2D eigenvalue weighted by Crippen LogP contribution is 2.38. The summed E-state index contributed by atoms with van der Waals surface area (Å²) >= 11 is 0. The molecule has 1 atom stereocenters. The predicted octanol–water partition coefficient (Wildman–Crippen LogP) is 3.07. The summed E-state index contributed by atoms with van der Waals surface area (Å²) in [5, 5.41) is 4.24. The maximum atomic E-state index is 13.6. The minimum absolute atomic E-state index is 0.0358. The van der Waals surface area contributed by atoms with Crippen molar-refractivity contribution in [3.8, 4) is 17.0 Å². The number of hydrogen-bond acceptors (Lipinski definition) is 4. The van der Waals surface area contributed by atoms with Crippen molar-refractivity contribution < 1.29 is 18.7 Å². The number of hydrogen-bond donors (Lipinski definition) is 0. The lowest BCUT2D eigenvalue weighted by molar-refractivity contribution is 0.0518. The number of aryl methyl sites for hydroxylation is 2. The zero-order chi connectivity index (χ0) is 16.6. The first-order valence-electron chi connectivity index (χ1n) is 7.63. The fourth-order valence-electron chi connectivity index (χ4n) is 2.81. The van der Waals surface area contributed by atoms with E-state index in [4.69, 9.17) is 9.47 Å². The van der Waals surface area contributed by atoms with Crippen LogP contribution in [-0.4, -0.2) is 35.1 Å². The van der Waals surface area contributed by atoms with E-state index in [1.807, 2.05) is 32.0 Å². The normalized spacial score (nSPS) is 16.6. The van der Waals surface area contributed by atoms with E-state index >= 15 is 0 Å². The fraction of sp³-hybridized carbons (Fsp3) is 0.412. The average molecular weight is 318 g/mol. The van der Waals surface area contributed by atoms with Crippen LogP contribution < -0.4 is 4.74 Å². The minimum Gasteiger partial charge on any atom is -0.474 e. The van der Waals surface area contributed by atoms with Crippen molar-refractivity contribution in [3.63, 3.8) is 0 Å². The molecule has 1 aliphatic heterocycles. The second-order valence-corrected chi connectivity index (χ2v) is 5.66. The minimum atomic E-state index is -1.13. The Hall–Kier alpha value is -2.37. The third-order valence-electron chi connectivity index (χ3n) is 3.80. The molecule has 2 aromatic rings.